The van der Waals surface area contributed by atoms with Crippen molar-refractivity contribution >= 4 is 58.4 Å². The maximum Gasteiger partial charge on any atom is 0.242 e. The van der Waals surface area contributed by atoms with Crippen LogP contribution >= 0.6 is 46.6 Å². The number of likely N-dealkylation sites (N-methyl/N-ethyl adjacent to an activating group) is 1. The molecule has 0 bridgehead atoms. The van der Waals surface area contributed by atoms with Gasteiger partial charge in [0.25, 0.3) is 0 Å². The van der Waals surface area contributed by atoms with Crippen LogP contribution in [0.15, 0.2) is 36.4 Å². The Morgan fingerprint density at radius 1 is 1.17 bits per heavy atom. The van der Waals surface area contributed by atoms with Gasteiger partial charge in [0.15, 0.2) is 0 Å². The van der Waals surface area contributed by atoms with Crippen LogP contribution in [0, 0.1) is 5.82 Å². The molecule has 0 saturated heterocycles. The van der Waals surface area contributed by atoms with E-state index in [4.69, 9.17) is 34.8 Å². The number of carbonyl (C=O) groups excluding carboxylic acids is 2. The first kappa shape index (κ1) is 24.8. The lowest BCUT2D eigenvalue weighted by atomic mass is 10.1. The first-order valence-electron chi connectivity index (χ1n) is 9.26. The highest BCUT2D eigenvalue weighted by Gasteiger charge is 2.26. The van der Waals surface area contributed by atoms with E-state index < -0.39 is 11.9 Å². The average molecular weight is 492 g/mol. The van der Waals surface area contributed by atoms with Gasteiger partial charge >= 0.3 is 0 Å². The molecule has 2 amide bonds. The van der Waals surface area contributed by atoms with Crippen LogP contribution in [0.25, 0.3) is 0 Å². The first-order valence-corrected chi connectivity index (χ1v) is 11.5. The second-order valence-electron chi connectivity index (χ2n) is 6.52. The van der Waals surface area contributed by atoms with Gasteiger partial charge in [-0.2, -0.15) is 0 Å². The minimum absolute atomic E-state index is 0.0552. The van der Waals surface area contributed by atoms with Crippen LogP contribution in [0.1, 0.15) is 25.0 Å². The summed E-state index contributed by atoms with van der Waals surface area (Å²) in [4.78, 5) is 26.8. The van der Waals surface area contributed by atoms with Crippen molar-refractivity contribution in [1.29, 1.82) is 0 Å². The number of halogens is 4. The summed E-state index contributed by atoms with van der Waals surface area (Å²) in [6.07, 6.45) is 0. The first-order chi connectivity index (χ1) is 14.2. The van der Waals surface area contributed by atoms with Crippen molar-refractivity contribution in [3.63, 3.8) is 0 Å². The maximum atomic E-state index is 13.9. The molecule has 2 aromatic rings. The van der Waals surface area contributed by atoms with Gasteiger partial charge in [-0.15, -0.1) is 11.8 Å². The molecule has 1 atom stereocenters. The van der Waals surface area contributed by atoms with Crippen LogP contribution in [-0.4, -0.2) is 35.1 Å². The fourth-order valence-corrected chi connectivity index (χ4v) is 4.45. The number of nitrogens with one attached hydrogen (secondary N) is 1. The Balaban J connectivity index is 2.14. The molecule has 0 heterocycles. The van der Waals surface area contributed by atoms with Gasteiger partial charge in [-0.25, -0.2) is 4.39 Å². The van der Waals surface area contributed by atoms with Gasteiger partial charge in [0.05, 0.1) is 5.75 Å². The highest BCUT2D eigenvalue weighted by atomic mass is 35.5. The number of rotatable bonds is 9. The summed E-state index contributed by atoms with van der Waals surface area (Å²) in [6, 6.07) is 8.75. The minimum Gasteiger partial charge on any atom is -0.355 e. The Bertz CT molecular complexity index is 894. The number of amides is 2. The molecular weight excluding hydrogens is 470 g/mol. The Morgan fingerprint density at radius 3 is 2.53 bits per heavy atom. The van der Waals surface area contributed by atoms with Gasteiger partial charge in [0.1, 0.15) is 11.9 Å². The minimum atomic E-state index is -0.707. The number of benzene rings is 2. The van der Waals surface area contributed by atoms with E-state index in [9.17, 15) is 14.0 Å². The third kappa shape index (κ3) is 6.77. The Kier molecular flexibility index (Phi) is 9.75. The monoisotopic (exact) mass is 490 g/mol. The molecule has 0 aliphatic carbocycles. The zero-order valence-electron chi connectivity index (χ0n) is 16.6. The molecule has 0 aromatic heterocycles. The van der Waals surface area contributed by atoms with Crippen LogP contribution in [0.5, 0.6) is 0 Å². The predicted octanol–water partition coefficient (Wildman–Crippen LogP) is 5.57. The van der Waals surface area contributed by atoms with E-state index in [0.29, 0.717) is 32.7 Å². The fourth-order valence-electron chi connectivity index (χ4n) is 2.73. The van der Waals surface area contributed by atoms with E-state index in [1.54, 1.807) is 38.1 Å². The molecule has 1 N–H and O–H groups in total. The lowest BCUT2D eigenvalue weighted by Gasteiger charge is -2.29. The molecule has 4 nitrogen and oxygen atoms in total. The number of nitrogens with zero attached hydrogens (tertiary/aromatic N) is 1. The van der Waals surface area contributed by atoms with E-state index in [1.165, 1.54) is 28.8 Å². The van der Waals surface area contributed by atoms with Crippen molar-refractivity contribution < 1.29 is 14.0 Å². The van der Waals surface area contributed by atoms with E-state index in [1.807, 2.05) is 0 Å². The topological polar surface area (TPSA) is 49.4 Å². The molecule has 0 saturated carbocycles. The summed E-state index contributed by atoms with van der Waals surface area (Å²) < 4.78 is 13.9. The van der Waals surface area contributed by atoms with E-state index in [0.717, 1.165) is 0 Å². The van der Waals surface area contributed by atoms with Gasteiger partial charge in [0, 0.05) is 39.5 Å². The second kappa shape index (κ2) is 11.8. The molecular formula is C21H22Cl3FN2O2S. The summed E-state index contributed by atoms with van der Waals surface area (Å²) in [6.45, 7) is 4.06. The SMILES string of the molecule is CCNC(=O)[C@H](C)N(Cc1ccc(Cl)cc1Cl)C(=O)CSCc1c(F)cccc1Cl. The molecule has 0 aliphatic rings. The van der Waals surface area contributed by atoms with E-state index >= 15 is 0 Å². The summed E-state index contributed by atoms with van der Waals surface area (Å²) in [5.41, 5.74) is 1.02. The van der Waals surface area contributed by atoms with E-state index in [-0.39, 0.29) is 29.9 Å². The Morgan fingerprint density at radius 2 is 1.90 bits per heavy atom. The number of hydrogen-bond donors (Lipinski definition) is 1. The van der Waals surface area contributed by atoms with Crippen molar-refractivity contribution in [2.24, 2.45) is 0 Å². The predicted molar refractivity (Wildman–Crippen MR) is 123 cm³/mol. The van der Waals surface area contributed by atoms with Crippen LogP contribution < -0.4 is 5.32 Å². The lowest BCUT2D eigenvalue weighted by molar-refractivity contribution is -0.138. The molecule has 9 heteroatoms. The van der Waals surface area contributed by atoms with Gasteiger partial charge in [0.2, 0.25) is 11.8 Å². The number of thioether (sulfide) groups is 1. The van der Waals surface area contributed by atoms with Crippen molar-refractivity contribution in [3.05, 3.63) is 68.4 Å². The Labute approximate surface area is 195 Å². The highest BCUT2D eigenvalue weighted by Crippen LogP contribution is 2.26. The molecule has 0 aliphatic heterocycles. The molecule has 0 unspecified atom stereocenters. The average Bonchev–Trinajstić information content (AvgIpc) is 2.69. The van der Waals surface area contributed by atoms with Gasteiger partial charge in [-0.3, -0.25) is 9.59 Å². The zero-order chi connectivity index (χ0) is 22.3. The maximum absolute atomic E-state index is 13.9. The third-order valence-corrected chi connectivity index (χ3v) is 6.29. The molecule has 2 rings (SSSR count). The Hall–Kier alpha value is -1.47. The largest absolute Gasteiger partial charge is 0.355 e. The quantitative estimate of drug-likeness (QED) is 0.499. The lowest BCUT2D eigenvalue weighted by Crippen LogP contribution is -2.48. The van der Waals surface area contributed by atoms with Crippen LogP contribution in [-0.2, 0) is 21.9 Å². The summed E-state index contributed by atoms with van der Waals surface area (Å²) in [7, 11) is 0. The highest BCUT2D eigenvalue weighted by molar-refractivity contribution is 7.99. The molecule has 0 spiro atoms. The molecule has 162 valence electrons. The standard InChI is InChI=1S/C21H22Cl3FN2O2S/c1-3-26-21(29)13(2)27(10-14-7-8-15(22)9-18(14)24)20(28)12-30-11-16-17(23)5-4-6-19(16)25/h4-9,13H,3,10-12H2,1-2H3,(H,26,29)/t13-/m0/s1. The van der Waals surface area contributed by atoms with Gasteiger partial charge in [-0.1, -0.05) is 46.9 Å². The smallest absolute Gasteiger partial charge is 0.242 e. The van der Waals surface area contributed by atoms with Gasteiger partial charge < -0.3 is 10.2 Å². The summed E-state index contributed by atoms with van der Waals surface area (Å²) in [5, 5.41) is 3.93. The molecule has 0 radical (unpaired) electrons. The number of carbonyl (C=O) groups is 2. The van der Waals surface area contributed by atoms with Crippen molar-refractivity contribution in [2.75, 3.05) is 12.3 Å². The van der Waals surface area contributed by atoms with Crippen LogP contribution in [0.3, 0.4) is 0 Å². The van der Waals surface area contributed by atoms with Crippen molar-refractivity contribution in [1.82, 2.24) is 10.2 Å². The van der Waals surface area contributed by atoms with E-state index in [2.05, 4.69) is 5.32 Å². The molecule has 0 fully saturated rings. The fraction of sp³-hybridized carbons (Fsp3) is 0.333. The normalized spacial score (nSPS) is 11.8. The second-order valence-corrected chi connectivity index (χ2v) is 8.76. The van der Waals surface area contributed by atoms with Crippen LogP contribution in [0.4, 0.5) is 4.39 Å². The summed E-state index contributed by atoms with van der Waals surface area (Å²) in [5.74, 6) is -0.652. The zero-order valence-corrected chi connectivity index (χ0v) is 19.6. The number of hydrogen-bond acceptors (Lipinski definition) is 3. The van der Waals surface area contributed by atoms with Crippen molar-refractivity contribution in [2.45, 2.75) is 32.2 Å². The third-order valence-electron chi connectivity index (χ3n) is 4.41. The summed E-state index contributed by atoms with van der Waals surface area (Å²) >= 11 is 19.5. The van der Waals surface area contributed by atoms with Gasteiger partial charge in [-0.05, 0) is 43.7 Å². The molecule has 2 aromatic carbocycles. The molecule has 30 heavy (non-hydrogen) atoms. The van der Waals surface area contributed by atoms with Crippen LogP contribution in [0.2, 0.25) is 15.1 Å². The van der Waals surface area contributed by atoms with Crippen molar-refractivity contribution in [3.8, 4) is 0 Å².